The second kappa shape index (κ2) is 5.45. The van der Waals surface area contributed by atoms with Crippen LogP contribution in [-0.4, -0.2) is 10.9 Å². The molecule has 0 aromatic heterocycles. The van der Waals surface area contributed by atoms with E-state index in [-0.39, 0.29) is 21.7 Å². The molecule has 0 radical (unpaired) electrons. The standard InChI is InChI=1S/C13H15BrO3/c1-4-7(2)9-5-10(8(3)15)12(16)13(17)11(14)6-9/h5-7H,4H2,1-3H3,(H,16,17). The minimum Gasteiger partial charge on any atom is -0.504 e. The molecule has 0 aliphatic rings. The minimum atomic E-state index is -0.551. The number of hydrogen-bond donors (Lipinski definition) is 1. The Morgan fingerprint density at radius 2 is 2.06 bits per heavy atom. The first-order chi connectivity index (χ1) is 7.88. The number of carbonyl (C=O) groups is 1. The molecule has 1 unspecified atom stereocenters. The highest BCUT2D eigenvalue weighted by molar-refractivity contribution is 9.10. The van der Waals surface area contributed by atoms with Crippen molar-refractivity contribution in [1.29, 1.82) is 0 Å². The molecule has 0 aliphatic heterocycles. The van der Waals surface area contributed by atoms with Gasteiger partial charge in [0.05, 0.1) is 10.0 Å². The molecule has 3 nitrogen and oxygen atoms in total. The lowest BCUT2D eigenvalue weighted by Crippen LogP contribution is -2.02. The molecule has 0 spiro atoms. The highest BCUT2D eigenvalue weighted by atomic mass is 79.9. The molecule has 1 atom stereocenters. The fourth-order valence-electron chi connectivity index (χ4n) is 1.51. The monoisotopic (exact) mass is 298 g/mol. The summed E-state index contributed by atoms with van der Waals surface area (Å²) in [7, 11) is 0. The van der Waals surface area contributed by atoms with E-state index in [4.69, 9.17) is 0 Å². The number of carbonyl (C=O) groups excluding carboxylic acids is 1. The van der Waals surface area contributed by atoms with Gasteiger partial charge in [-0.25, -0.2) is 0 Å². The molecule has 1 N–H and O–H groups in total. The first-order valence-corrected chi connectivity index (χ1v) is 6.25. The van der Waals surface area contributed by atoms with Crippen molar-refractivity contribution in [2.45, 2.75) is 33.1 Å². The van der Waals surface area contributed by atoms with Crippen LogP contribution in [0.4, 0.5) is 0 Å². The van der Waals surface area contributed by atoms with E-state index >= 15 is 0 Å². The molecule has 0 saturated heterocycles. The van der Waals surface area contributed by atoms with Crippen LogP contribution in [-0.2, 0) is 0 Å². The van der Waals surface area contributed by atoms with Crippen LogP contribution in [0.15, 0.2) is 21.4 Å². The van der Waals surface area contributed by atoms with Crippen molar-refractivity contribution in [3.8, 4) is 5.75 Å². The Labute approximate surface area is 109 Å². The maximum atomic E-state index is 11.7. The Morgan fingerprint density at radius 3 is 2.53 bits per heavy atom. The molecule has 1 rings (SSSR count). The number of Topliss-reactive ketones (excluding diaryl/α,β-unsaturated/α-hetero) is 1. The van der Waals surface area contributed by atoms with E-state index in [0.717, 1.165) is 12.0 Å². The van der Waals surface area contributed by atoms with Gasteiger partial charge in [0.2, 0.25) is 5.43 Å². The van der Waals surface area contributed by atoms with Crippen molar-refractivity contribution >= 4 is 21.7 Å². The highest BCUT2D eigenvalue weighted by Crippen LogP contribution is 2.24. The van der Waals surface area contributed by atoms with E-state index in [1.165, 1.54) is 6.92 Å². The van der Waals surface area contributed by atoms with Gasteiger partial charge in [-0.2, -0.15) is 0 Å². The predicted octanol–water partition coefficient (Wildman–Crippen LogP) is 3.23. The summed E-state index contributed by atoms with van der Waals surface area (Å²) < 4.78 is 0.276. The topological polar surface area (TPSA) is 54.4 Å². The average Bonchev–Trinajstić information content (AvgIpc) is 2.40. The Balaban J connectivity index is 3.65. The van der Waals surface area contributed by atoms with Gasteiger partial charge in [0, 0.05) is 0 Å². The zero-order valence-electron chi connectivity index (χ0n) is 10.1. The molecule has 1 aromatic carbocycles. The van der Waals surface area contributed by atoms with Crippen LogP contribution in [0.3, 0.4) is 0 Å². The molecule has 4 heteroatoms. The minimum absolute atomic E-state index is 0.0796. The maximum absolute atomic E-state index is 11.7. The quantitative estimate of drug-likeness (QED) is 0.872. The summed E-state index contributed by atoms with van der Waals surface area (Å²) in [4.78, 5) is 23.1. The summed E-state index contributed by atoms with van der Waals surface area (Å²) in [6.45, 7) is 5.37. The molecule has 0 saturated carbocycles. The van der Waals surface area contributed by atoms with Gasteiger partial charge < -0.3 is 5.11 Å². The Hall–Kier alpha value is -1.16. The molecule has 0 heterocycles. The van der Waals surface area contributed by atoms with Crippen LogP contribution < -0.4 is 5.43 Å². The highest BCUT2D eigenvalue weighted by Gasteiger charge is 2.14. The number of ketones is 1. The van der Waals surface area contributed by atoms with Crippen molar-refractivity contribution in [3.63, 3.8) is 0 Å². The van der Waals surface area contributed by atoms with Crippen molar-refractivity contribution in [1.82, 2.24) is 0 Å². The van der Waals surface area contributed by atoms with E-state index in [1.54, 1.807) is 12.1 Å². The van der Waals surface area contributed by atoms with Crippen molar-refractivity contribution in [3.05, 3.63) is 38.0 Å². The molecule has 17 heavy (non-hydrogen) atoms. The predicted molar refractivity (Wildman–Crippen MR) is 70.8 cm³/mol. The number of hydrogen-bond acceptors (Lipinski definition) is 3. The molecule has 1 aromatic rings. The second-order valence-corrected chi connectivity index (χ2v) is 4.95. The largest absolute Gasteiger partial charge is 0.504 e. The SMILES string of the molecule is CCC(C)c1cc(C(C)=O)c(O)c(=O)c(Br)c1. The molecule has 0 bridgehead atoms. The van der Waals surface area contributed by atoms with Crippen molar-refractivity contribution in [2.24, 2.45) is 0 Å². The first-order valence-electron chi connectivity index (χ1n) is 5.46. The normalized spacial score (nSPS) is 12.2. The first kappa shape index (κ1) is 13.9. The Kier molecular flexibility index (Phi) is 4.46. The average molecular weight is 299 g/mol. The van der Waals surface area contributed by atoms with E-state index in [9.17, 15) is 14.7 Å². The zero-order valence-corrected chi connectivity index (χ0v) is 11.7. The van der Waals surface area contributed by atoms with Gasteiger partial charge in [0.15, 0.2) is 11.5 Å². The van der Waals surface area contributed by atoms with Gasteiger partial charge in [0.1, 0.15) is 0 Å². The van der Waals surface area contributed by atoms with Crippen LogP contribution in [0, 0.1) is 0 Å². The van der Waals surface area contributed by atoms with Gasteiger partial charge in [-0.05, 0) is 52.9 Å². The fraction of sp³-hybridized carbons (Fsp3) is 0.385. The summed E-state index contributed by atoms with van der Waals surface area (Å²) in [6.07, 6.45) is 0.892. The zero-order chi connectivity index (χ0) is 13.2. The summed E-state index contributed by atoms with van der Waals surface area (Å²) in [5.41, 5.74) is 0.391. The lowest BCUT2D eigenvalue weighted by atomic mass is 9.99. The Bertz CT molecular complexity index is 509. The van der Waals surface area contributed by atoms with Crippen LogP contribution >= 0.6 is 15.9 Å². The van der Waals surface area contributed by atoms with Crippen LogP contribution in [0.5, 0.6) is 5.75 Å². The third-order valence-electron chi connectivity index (χ3n) is 2.85. The molecule has 0 aliphatic carbocycles. The van der Waals surface area contributed by atoms with Gasteiger partial charge in [0.25, 0.3) is 0 Å². The van der Waals surface area contributed by atoms with E-state index < -0.39 is 11.2 Å². The smallest absolute Gasteiger partial charge is 0.234 e. The molecule has 0 fully saturated rings. The third kappa shape index (κ3) is 2.94. The van der Waals surface area contributed by atoms with Gasteiger partial charge in [-0.1, -0.05) is 13.8 Å². The van der Waals surface area contributed by atoms with Gasteiger partial charge in [-0.3, -0.25) is 9.59 Å². The lowest BCUT2D eigenvalue weighted by Gasteiger charge is -2.06. The number of aromatic hydroxyl groups is 1. The van der Waals surface area contributed by atoms with Gasteiger partial charge in [-0.15, -0.1) is 0 Å². The summed E-state index contributed by atoms with van der Waals surface area (Å²) in [5.74, 6) is -0.582. The van der Waals surface area contributed by atoms with Crippen LogP contribution in [0.25, 0.3) is 0 Å². The molecule has 92 valence electrons. The van der Waals surface area contributed by atoms with Crippen molar-refractivity contribution in [2.75, 3.05) is 0 Å². The van der Waals surface area contributed by atoms with Crippen LogP contribution in [0.2, 0.25) is 0 Å². The van der Waals surface area contributed by atoms with Crippen molar-refractivity contribution < 1.29 is 9.90 Å². The van der Waals surface area contributed by atoms with E-state index in [0.29, 0.717) is 0 Å². The second-order valence-electron chi connectivity index (χ2n) is 4.09. The third-order valence-corrected chi connectivity index (χ3v) is 3.44. The number of halogens is 1. The summed E-state index contributed by atoms with van der Waals surface area (Å²) in [5, 5.41) is 9.72. The van der Waals surface area contributed by atoms with E-state index in [1.807, 2.05) is 13.8 Å². The van der Waals surface area contributed by atoms with Gasteiger partial charge >= 0.3 is 0 Å². The van der Waals surface area contributed by atoms with Crippen LogP contribution in [0.1, 0.15) is 49.0 Å². The summed E-state index contributed by atoms with van der Waals surface area (Å²) in [6, 6.07) is 3.26. The fourth-order valence-corrected chi connectivity index (χ4v) is 1.96. The summed E-state index contributed by atoms with van der Waals surface area (Å²) >= 11 is 3.12. The molecular formula is C13H15BrO3. The van der Waals surface area contributed by atoms with E-state index in [2.05, 4.69) is 15.9 Å². The molecule has 0 amide bonds. The maximum Gasteiger partial charge on any atom is 0.234 e. The number of rotatable bonds is 3. The molecular weight excluding hydrogens is 284 g/mol. The Morgan fingerprint density at radius 1 is 1.47 bits per heavy atom. The lowest BCUT2D eigenvalue weighted by molar-refractivity contribution is 0.101.